The monoisotopic (exact) mass is 478 g/mol. The average molecular weight is 479 g/mol. The first-order chi connectivity index (χ1) is 17.0. The van der Waals surface area contributed by atoms with Crippen LogP contribution in [0.5, 0.6) is 0 Å². The van der Waals surface area contributed by atoms with Crippen LogP contribution in [0, 0.1) is 0 Å². The molecule has 0 aliphatic heterocycles. The molecule has 4 aromatic rings. The Morgan fingerprint density at radius 2 is 1.17 bits per heavy atom. The second kappa shape index (κ2) is 12.0. The first-order valence-electron chi connectivity index (χ1n) is 12.4. The van der Waals surface area contributed by atoms with E-state index in [2.05, 4.69) is 142 Å². The van der Waals surface area contributed by atoms with Crippen LogP contribution in [0.25, 0.3) is 0 Å². The molecule has 0 bridgehead atoms. The molecule has 1 N–H and O–H groups in total. The lowest BCUT2D eigenvalue weighted by molar-refractivity contribution is 0.834. The van der Waals surface area contributed by atoms with Crippen molar-refractivity contribution in [3.63, 3.8) is 0 Å². The van der Waals surface area contributed by atoms with E-state index in [1.165, 1.54) is 22.0 Å². The Morgan fingerprint density at radius 1 is 0.657 bits per heavy atom. The molecule has 0 aromatic heterocycles. The van der Waals surface area contributed by atoms with Gasteiger partial charge in [0.1, 0.15) is 5.84 Å². The SMILES string of the molecule is CC(C)c1cccc(C(C)C)c1N=C(NP(Cc1ccccc1)c1ccccc1)c1ccccc1. The van der Waals surface area contributed by atoms with Gasteiger partial charge in [-0.2, -0.15) is 0 Å². The summed E-state index contributed by atoms with van der Waals surface area (Å²) in [7, 11) is -0.722. The van der Waals surface area contributed by atoms with E-state index in [0.717, 1.165) is 23.2 Å². The van der Waals surface area contributed by atoms with E-state index in [0.29, 0.717) is 11.8 Å². The van der Waals surface area contributed by atoms with Crippen LogP contribution in [0.4, 0.5) is 5.69 Å². The summed E-state index contributed by atoms with van der Waals surface area (Å²) in [6.45, 7) is 9.00. The lowest BCUT2D eigenvalue weighted by atomic mass is 9.93. The minimum atomic E-state index is -0.722. The second-order valence-corrected chi connectivity index (χ2v) is 11.4. The van der Waals surface area contributed by atoms with Crippen LogP contribution in [0.3, 0.4) is 0 Å². The molecule has 2 nitrogen and oxygen atoms in total. The molecule has 0 saturated heterocycles. The van der Waals surface area contributed by atoms with Gasteiger partial charge in [-0.1, -0.05) is 137 Å². The molecule has 0 radical (unpaired) electrons. The number of nitrogens with one attached hydrogen (secondary N) is 1. The molecule has 0 saturated carbocycles. The fourth-order valence-electron chi connectivity index (χ4n) is 4.20. The van der Waals surface area contributed by atoms with Gasteiger partial charge >= 0.3 is 0 Å². The molecule has 178 valence electrons. The van der Waals surface area contributed by atoms with Gasteiger partial charge in [0, 0.05) is 19.8 Å². The summed E-state index contributed by atoms with van der Waals surface area (Å²) in [5.41, 5.74) is 6.12. The minimum Gasteiger partial charge on any atom is -0.344 e. The molecule has 1 unspecified atom stereocenters. The first kappa shape index (κ1) is 24.9. The Bertz CT molecular complexity index is 1210. The van der Waals surface area contributed by atoms with Crippen molar-refractivity contribution < 1.29 is 0 Å². The molecular weight excluding hydrogens is 443 g/mol. The van der Waals surface area contributed by atoms with Gasteiger partial charge in [-0.15, -0.1) is 0 Å². The number of para-hydroxylation sites is 1. The lowest BCUT2D eigenvalue weighted by Crippen LogP contribution is -2.25. The number of benzene rings is 4. The molecule has 0 heterocycles. The number of hydrogen-bond donors (Lipinski definition) is 1. The Kier molecular flexibility index (Phi) is 8.50. The highest BCUT2D eigenvalue weighted by molar-refractivity contribution is 7.63. The van der Waals surface area contributed by atoms with Crippen LogP contribution in [-0.2, 0) is 6.16 Å². The highest BCUT2D eigenvalue weighted by Crippen LogP contribution is 2.38. The van der Waals surface area contributed by atoms with Gasteiger partial charge in [-0.3, -0.25) is 0 Å². The van der Waals surface area contributed by atoms with Crippen LogP contribution in [0.1, 0.15) is 61.8 Å². The maximum Gasteiger partial charge on any atom is 0.137 e. The van der Waals surface area contributed by atoms with Gasteiger partial charge in [-0.25, -0.2) is 4.99 Å². The minimum absolute atomic E-state index is 0.393. The molecule has 35 heavy (non-hydrogen) atoms. The zero-order valence-corrected chi connectivity index (χ0v) is 22.0. The molecule has 0 amide bonds. The topological polar surface area (TPSA) is 24.4 Å². The van der Waals surface area contributed by atoms with Crippen LogP contribution < -0.4 is 10.4 Å². The van der Waals surface area contributed by atoms with Gasteiger partial charge < -0.3 is 5.09 Å². The molecule has 4 aromatic carbocycles. The highest BCUT2D eigenvalue weighted by Gasteiger charge is 2.18. The summed E-state index contributed by atoms with van der Waals surface area (Å²) >= 11 is 0. The van der Waals surface area contributed by atoms with Gasteiger partial charge in [0.2, 0.25) is 0 Å². The van der Waals surface area contributed by atoms with Crippen molar-refractivity contribution in [1.29, 1.82) is 0 Å². The van der Waals surface area contributed by atoms with Crippen LogP contribution in [0.2, 0.25) is 0 Å². The molecule has 0 aliphatic rings. The van der Waals surface area contributed by atoms with E-state index < -0.39 is 8.07 Å². The van der Waals surface area contributed by atoms with Crippen molar-refractivity contribution in [2.24, 2.45) is 4.99 Å². The molecule has 1 atom stereocenters. The lowest BCUT2D eigenvalue weighted by Gasteiger charge is -2.23. The van der Waals surface area contributed by atoms with Crippen molar-refractivity contribution in [3.8, 4) is 0 Å². The smallest absolute Gasteiger partial charge is 0.137 e. The van der Waals surface area contributed by atoms with Crippen LogP contribution in [0.15, 0.2) is 114 Å². The number of amidine groups is 1. The van der Waals surface area contributed by atoms with Crippen molar-refractivity contribution in [2.75, 3.05) is 0 Å². The summed E-state index contributed by atoms with van der Waals surface area (Å²) in [5, 5.41) is 5.25. The van der Waals surface area contributed by atoms with Crippen LogP contribution in [-0.4, -0.2) is 5.84 Å². The zero-order valence-electron chi connectivity index (χ0n) is 21.1. The van der Waals surface area contributed by atoms with Gasteiger partial charge in [0.15, 0.2) is 0 Å². The van der Waals surface area contributed by atoms with Crippen LogP contribution >= 0.6 is 8.07 Å². The largest absolute Gasteiger partial charge is 0.344 e. The predicted molar refractivity (Wildman–Crippen MR) is 154 cm³/mol. The third-order valence-electron chi connectivity index (χ3n) is 6.11. The molecule has 4 rings (SSSR count). The van der Waals surface area contributed by atoms with Crippen molar-refractivity contribution in [1.82, 2.24) is 5.09 Å². The zero-order chi connectivity index (χ0) is 24.6. The summed E-state index contributed by atoms with van der Waals surface area (Å²) in [6.07, 6.45) is 0.939. The van der Waals surface area contributed by atoms with E-state index in [-0.39, 0.29) is 0 Å². The van der Waals surface area contributed by atoms with Crippen molar-refractivity contribution in [3.05, 3.63) is 131 Å². The van der Waals surface area contributed by atoms with E-state index in [9.17, 15) is 0 Å². The fourth-order valence-corrected chi connectivity index (χ4v) is 6.13. The fraction of sp³-hybridized carbons (Fsp3) is 0.219. The Labute approximate surface area is 212 Å². The number of hydrogen-bond acceptors (Lipinski definition) is 1. The third-order valence-corrected chi connectivity index (χ3v) is 8.19. The highest BCUT2D eigenvalue weighted by atomic mass is 31.1. The van der Waals surface area contributed by atoms with Gasteiger partial charge in [-0.05, 0) is 33.8 Å². The van der Waals surface area contributed by atoms with E-state index in [1.807, 2.05) is 0 Å². The van der Waals surface area contributed by atoms with Crippen molar-refractivity contribution >= 4 is 24.9 Å². The average Bonchev–Trinajstić information content (AvgIpc) is 2.89. The Hall–Kier alpha value is -3.22. The van der Waals surface area contributed by atoms with E-state index in [4.69, 9.17) is 4.99 Å². The predicted octanol–water partition coefficient (Wildman–Crippen LogP) is 8.52. The number of rotatable bonds is 8. The van der Waals surface area contributed by atoms with Gasteiger partial charge in [0.05, 0.1) is 5.69 Å². The molecule has 0 spiro atoms. The standard InChI is InChI=1S/C32H35N2P/c1-24(2)29-21-14-22-30(25(3)4)31(29)33-32(27-17-10-6-11-18-27)34-35(28-19-12-7-13-20-28)23-26-15-8-5-9-16-26/h5-22,24-25H,23H2,1-4H3,(H,33,34). The summed E-state index contributed by atoms with van der Waals surface area (Å²) in [6, 6.07) is 38.7. The van der Waals surface area contributed by atoms with Gasteiger partial charge in [0.25, 0.3) is 0 Å². The summed E-state index contributed by atoms with van der Waals surface area (Å²) < 4.78 is 0. The quantitative estimate of drug-likeness (QED) is 0.153. The second-order valence-electron chi connectivity index (χ2n) is 9.44. The van der Waals surface area contributed by atoms with Crippen molar-refractivity contribution in [2.45, 2.75) is 45.7 Å². The Balaban J connectivity index is 1.84. The molecular formula is C32H35N2P. The van der Waals surface area contributed by atoms with E-state index >= 15 is 0 Å². The molecule has 3 heteroatoms. The number of aliphatic imine (C=N–C) groups is 1. The maximum absolute atomic E-state index is 5.40. The molecule has 0 fully saturated rings. The third kappa shape index (κ3) is 6.47. The molecule has 0 aliphatic carbocycles. The normalized spacial score (nSPS) is 12.7. The number of nitrogens with zero attached hydrogens (tertiary/aromatic N) is 1. The van der Waals surface area contributed by atoms with E-state index in [1.54, 1.807) is 0 Å². The summed E-state index contributed by atoms with van der Waals surface area (Å²) in [5.74, 6) is 1.72. The maximum atomic E-state index is 5.40. The first-order valence-corrected chi connectivity index (χ1v) is 14.0. The summed E-state index contributed by atoms with van der Waals surface area (Å²) in [4.78, 5) is 5.40. The Morgan fingerprint density at radius 3 is 1.71 bits per heavy atom.